The predicted octanol–water partition coefficient (Wildman–Crippen LogP) is 1.26. The number of hydrogen-bond donors (Lipinski definition) is 4. The second-order valence-electron chi connectivity index (χ2n) is 7.48. The maximum Gasteiger partial charge on any atom is 0.242 e. The van der Waals surface area contributed by atoms with E-state index in [1.165, 1.54) is 17.7 Å². The van der Waals surface area contributed by atoms with Crippen molar-refractivity contribution in [2.24, 2.45) is 5.73 Å². The summed E-state index contributed by atoms with van der Waals surface area (Å²) in [5.74, 6) is -0.309. The van der Waals surface area contributed by atoms with E-state index in [4.69, 9.17) is 5.73 Å². The molecular weight excluding hydrogens is 414 g/mol. The molecule has 5 N–H and O–H groups in total. The molecule has 31 heavy (non-hydrogen) atoms. The maximum absolute atomic E-state index is 12.6. The number of phenolic OH excluding ortho intramolecular Hbond substituents is 1. The van der Waals surface area contributed by atoms with Crippen LogP contribution < -0.4 is 16.4 Å². The Morgan fingerprint density at radius 2 is 1.71 bits per heavy atom. The van der Waals surface area contributed by atoms with E-state index in [9.17, 15) is 18.9 Å². The van der Waals surface area contributed by atoms with E-state index in [2.05, 4.69) is 10.6 Å². The molecular formula is C23H31N3O4S. The molecule has 1 unspecified atom stereocenters. The molecule has 2 rings (SSSR count). The Morgan fingerprint density at radius 1 is 1.03 bits per heavy atom. The van der Waals surface area contributed by atoms with Crippen LogP contribution in [-0.2, 0) is 33.2 Å². The molecule has 0 aliphatic carbocycles. The molecule has 0 aromatic heterocycles. The van der Waals surface area contributed by atoms with Crippen molar-refractivity contribution in [3.05, 3.63) is 65.7 Å². The number of nitrogens with one attached hydrogen (secondary N) is 2. The number of amides is 2. The third-order valence-electron chi connectivity index (χ3n) is 4.84. The minimum Gasteiger partial charge on any atom is -0.508 e. The third kappa shape index (κ3) is 9.31. The SMILES string of the molecule is CS(=O)CC[C@@H](NC(=O)[C@@H](N)Cc1ccc(O)cc1)C(=O)NCCCc1ccccc1. The topological polar surface area (TPSA) is 122 Å². The minimum atomic E-state index is -1.08. The summed E-state index contributed by atoms with van der Waals surface area (Å²) in [6, 6.07) is 14.8. The molecule has 0 heterocycles. The summed E-state index contributed by atoms with van der Waals surface area (Å²) < 4.78 is 11.5. The van der Waals surface area contributed by atoms with Crippen molar-refractivity contribution in [1.82, 2.24) is 10.6 Å². The number of phenols is 1. The van der Waals surface area contributed by atoms with Crippen molar-refractivity contribution in [2.75, 3.05) is 18.6 Å². The highest BCUT2D eigenvalue weighted by atomic mass is 32.2. The second-order valence-corrected chi connectivity index (χ2v) is 9.04. The van der Waals surface area contributed by atoms with Crippen LogP contribution in [0.2, 0.25) is 0 Å². The number of aryl methyl sites for hydroxylation is 1. The van der Waals surface area contributed by atoms with E-state index in [1.807, 2.05) is 30.3 Å². The average Bonchev–Trinajstić information content (AvgIpc) is 2.76. The minimum absolute atomic E-state index is 0.137. The summed E-state index contributed by atoms with van der Waals surface area (Å²) >= 11 is 0. The van der Waals surface area contributed by atoms with Crippen molar-refractivity contribution in [1.29, 1.82) is 0 Å². The average molecular weight is 446 g/mol. The van der Waals surface area contributed by atoms with Gasteiger partial charge in [0.25, 0.3) is 0 Å². The molecule has 2 aromatic rings. The summed E-state index contributed by atoms with van der Waals surface area (Å²) in [6.45, 7) is 0.481. The van der Waals surface area contributed by atoms with Gasteiger partial charge in [-0.1, -0.05) is 42.5 Å². The standard InChI is InChI=1S/C23H31N3O4S/c1-31(30)15-13-21(23(29)25-14-5-8-17-6-3-2-4-7-17)26-22(28)20(24)16-18-9-11-19(27)12-10-18/h2-4,6-7,9-12,20-21,27H,5,8,13-16,24H2,1H3,(H,25,29)(H,26,28)/t20-,21+,31?/m0/s1. The van der Waals surface area contributed by atoms with Gasteiger partial charge in [0.15, 0.2) is 0 Å². The summed E-state index contributed by atoms with van der Waals surface area (Å²) in [5, 5.41) is 14.9. The summed E-state index contributed by atoms with van der Waals surface area (Å²) in [4.78, 5) is 25.2. The Bertz CT molecular complexity index is 859. The first kappa shape index (κ1) is 24.6. The lowest BCUT2D eigenvalue weighted by molar-refractivity contribution is -0.129. The zero-order valence-electron chi connectivity index (χ0n) is 17.8. The molecule has 8 heteroatoms. The van der Waals surface area contributed by atoms with Gasteiger partial charge in [-0.2, -0.15) is 0 Å². The fraction of sp³-hybridized carbons (Fsp3) is 0.391. The van der Waals surface area contributed by atoms with Gasteiger partial charge in [0, 0.05) is 29.4 Å². The highest BCUT2D eigenvalue weighted by Gasteiger charge is 2.24. The van der Waals surface area contributed by atoms with Gasteiger partial charge >= 0.3 is 0 Å². The highest BCUT2D eigenvalue weighted by Crippen LogP contribution is 2.11. The van der Waals surface area contributed by atoms with Crippen LogP contribution in [0.4, 0.5) is 0 Å². The van der Waals surface area contributed by atoms with Crippen LogP contribution in [-0.4, -0.2) is 51.8 Å². The molecule has 0 saturated carbocycles. The molecule has 168 valence electrons. The fourth-order valence-corrected chi connectivity index (χ4v) is 3.65. The molecule has 2 aromatic carbocycles. The summed E-state index contributed by atoms with van der Waals surface area (Å²) in [6.07, 6.45) is 3.72. The number of aromatic hydroxyl groups is 1. The van der Waals surface area contributed by atoms with Gasteiger partial charge in [0.1, 0.15) is 11.8 Å². The Hall–Kier alpha value is -2.71. The van der Waals surface area contributed by atoms with Gasteiger partial charge in [0.05, 0.1) is 6.04 Å². The molecule has 7 nitrogen and oxygen atoms in total. The van der Waals surface area contributed by atoms with E-state index in [1.54, 1.807) is 18.4 Å². The third-order valence-corrected chi connectivity index (χ3v) is 5.65. The van der Waals surface area contributed by atoms with Gasteiger partial charge < -0.3 is 21.5 Å². The fourth-order valence-electron chi connectivity index (χ4n) is 3.08. The van der Waals surface area contributed by atoms with Gasteiger partial charge in [0.2, 0.25) is 11.8 Å². The quantitative estimate of drug-likeness (QED) is 0.367. The Kier molecular flexibility index (Phi) is 10.2. The lowest BCUT2D eigenvalue weighted by Crippen LogP contribution is -2.52. The Balaban J connectivity index is 1.86. The van der Waals surface area contributed by atoms with Crippen molar-refractivity contribution < 1.29 is 18.9 Å². The van der Waals surface area contributed by atoms with E-state index in [0.717, 1.165) is 18.4 Å². The van der Waals surface area contributed by atoms with Crippen LogP contribution >= 0.6 is 0 Å². The van der Waals surface area contributed by atoms with Gasteiger partial charge in [-0.15, -0.1) is 0 Å². The van der Waals surface area contributed by atoms with Crippen LogP contribution in [0, 0.1) is 0 Å². The van der Waals surface area contributed by atoms with Gasteiger partial charge in [-0.25, -0.2) is 0 Å². The molecule has 0 saturated heterocycles. The molecule has 3 atom stereocenters. The molecule has 0 aliphatic rings. The van der Waals surface area contributed by atoms with Gasteiger partial charge in [-0.05, 0) is 48.9 Å². The Labute approximate surface area is 185 Å². The number of carbonyl (C=O) groups is 2. The van der Waals surface area contributed by atoms with Crippen LogP contribution in [0.15, 0.2) is 54.6 Å². The van der Waals surface area contributed by atoms with E-state index in [-0.39, 0.29) is 24.5 Å². The zero-order chi connectivity index (χ0) is 22.6. The number of hydrogen-bond acceptors (Lipinski definition) is 5. The lowest BCUT2D eigenvalue weighted by Gasteiger charge is -2.20. The first-order chi connectivity index (χ1) is 14.8. The molecule has 2 amide bonds. The molecule has 0 spiro atoms. The largest absolute Gasteiger partial charge is 0.508 e. The summed E-state index contributed by atoms with van der Waals surface area (Å²) in [5.41, 5.74) is 8.01. The van der Waals surface area contributed by atoms with E-state index < -0.39 is 28.8 Å². The van der Waals surface area contributed by atoms with Crippen LogP contribution in [0.3, 0.4) is 0 Å². The summed E-state index contributed by atoms with van der Waals surface area (Å²) in [7, 11) is -1.08. The molecule has 0 fully saturated rings. The van der Waals surface area contributed by atoms with Crippen molar-refractivity contribution in [3.8, 4) is 5.75 Å². The Morgan fingerprint density at radius 3 is 2.35 bits per heavy atom. The van der Waals surface area contributed by atoms with Crippen LogP contribution in [0.5, 0.6) is 5.75 Å². The number of carbonyl (C=O) groups excluding carboxylic acids is 2. The maximum atomic E-state index is 12.6. The van der Waals surface area contributed by atoms with Crippen LogP contribution in [0.25, 0.3) is 0 Å². The highest BCUT2D eigenvalue weighted by molar-refractivity contribution is 7.84. The molecule has 0 radical (unpaired) electrons. The molecule has 0 aliphatic heterocycles. The van der Waals surface area contributed by atoms with Crippen LogP contribution in [0.1, 0.15) is 24.0 Å². The van der Waals surface area contributed by atoms with Crippen molar-refractivity contribution >= 4 is 22.6 Å². The monoisotopic (exact) mass is 445 g/mol. The first-order valence-corrected chi connectivity index (χ1v) is 12.0. The number of benzene rings is 2. The second kappa shape index (κ2) is 12.9. The predicted molar refractivity (Wildman–Crippen MR) is 123 cm³/mol. The van der Waals surface area contributed by atoms with E-state index in [0.29, 0.717) is 12.3 Å². The van der Waals surface area contributed by atoms with Gasteiger partial charge in [-0.3, -0.25) is 13.8 Å². The van der Waals surface area contributed by atoms with Crippen molar-refractivity contribution in [2.45, 2.75) is 37.8 Å². The normalized spacial score (nSPS) is 13.7. The van der Waals surface area contributed by atoms with E-state index >= 15 is 0 Å². The zero-order valence-corrected chi connectivity index (χ0v) is 18.6. The number of nitrogens with two attached hydrogens (primary N) is 1. The lowest BCUT2D eigenvalue weighted by atomic mass is 10.1. The molecule has 0 bridgehead atoms. The number of rotatable bonds is 12. The smallest absolute Gasteiger partial charge is 0.242 e. The first-order valence-electron chi connectivity index (χ1n) is 10.3. The van der Waals surface area contributed by atoms with Crippen molar-refractivity contribution in [3.63, 3.8) is 0 Å².